The molecule has 0 aliphatic carbocycles. The number of ether oxygens (including phenoxy) is 4. The molecule has 0 aliphatic heterocycles. The van der Waals surface area contributed by atoms with Gasteiger partial charge in [0.25, 0.3) is 11.9 Å². The second-order valence-corrected chi connectivity index (χ2v) is 18.0. The number of aromatic nitrogens is 3. The van der Waals surface area contributed by atoms with Crippen LogP contribution in [0, 0.1) is 21.6 Å². The fraction of sp³-hybridized carbons (Fsp3) is 0.705. The largest absolute Gasteiger partial charge is 0.530 e. The molecular weight excluding hydrogens is 819 g/mol. The van der Waals surface area contributed by atoms with E-state index in [2.05, 4.69) is 17.0 Å². The van der Waals surface area contributed by atoms with Crippen molar-refractivity contribution in [2.75, 3.05) is 32.2 Å². The SMILES string of the molecule is CCCCCCCCCCCCCCCCCCOC[C@H](COP(=O)(OC[C@H](C[C@@H](OC(C)(C)O)c1ccc2c(N)ncnn12)OC#N)Oc1ccc([N+](=O)[O-])cc1)OC(C)C. The third-order valence-electron chi connectivity index (χ3n) is 9.98. The van der Waals surface area contributed by atoms with E-state index in [1.54, 1.807) is 18.4 Å². The van der Waals surface area contributed by atoms with Crippen LogP contribution >= 0.6 is 7.82 Å². The quantitative estimate of drug-likeness (QED) is 0.0138. The molecule has 18 heteroatoms. The van der Waals surface area contributed by atoms with Crippen LogP contribution in [0.3, 0.4) is 0 Å². The van der Waals surface area contributed by atoms with E-state index in [1.165, 1.54) is 132 Å². The van der Waals surface area contributed by atoms with Crippen molar-refractivity contribution in [2.24, 2.45) is 0 Å². The number of nitro groups is 1. The fourth-order valence-corrected chi connectivity index (χ4v) is 8.19. The first-order valence-electron chi connectivity index (χ1n) is 22.3. The lowest BCUT2D eigenvalue weighted by molar-refractivity contribution is -0.384. The van der Waals surface area contributed by atoms with E-state index in [0.29, 0.717) is 17.8 Å². The lowest BCUT2D eigenvalue weighted by atomic mass is 10.0. The zero-order valence-corrected chi connectivity index (χ0v) is 38.4. The molecule has 0 bridgehead atoms. The van der Waals surface area contributed by atoms with Crippen molar-refractivity contribution in [1.82, 2.24) is 14.6 Å². The molecule has 62 heavy (non-hydrogen) atoms. The molecule has 1 aromatic carbocycles. The van der Waals surface area contributed by atoms with Crippen LogP contribution in [0.4, 0.5) is 11.5 Å². The van der Waals surface area contributed by atoms with Crippen molar-refractivity contribution >= 4 is 24.8 Å². The van der Waals surface area contributed by atoms with Crippen LogP contribution in [0.2, 0.25) is 0 Å². The summed E-state index contributed by atoms with van der Waals surface area (Å²) in [6.07, 6.45) is 20.4. The van der Waals surface area contributed by atoms with Gasteiger partial charge in [0.05, 0.1) is 36.5 Å². The summed E-state index contributed by atoms with van der Waals surface area (Å²) in [4.78, 5) is 14.7. The molecule has 348 valence electrons. The number of nitrogens with zero attached hydrogens (tertiary/aromatic N) is 5. The Morgan fingerprint density at radius 3 is 1.97 bits per heavy atom. The summed E-state index contributed by atoms with van der Waals surface area (Å²) in [5, 5.41) is 35.8. The number of phosphoric acid groups is 1. The average Bonchev–Trinajstić information content (AvgIpc) is 3.66. The predicted octanol–water partition coefficient (Wildman–Crippen LogP) is 10.6. The Morgan fingerprint density at radius 1 is 0.871 bits per heavy atom. The molecule has 0 saturated heterocycles. The maximum Gasteiger partial charge on any atom is 0.530 e. The Bertz CT molecular complexity index is 1780. The number of anilines is 1. The molecule has 0 fully saturated rings. The highest BCUT2D eigenvalue weighted by molar-refractivity contribution is 7.48. The van der Waals surface area contributed by atoms with Gasteiger partial charge in [-0.3, -0.25) is 19.2 Å². The van der Waals surface area contributed by atoms with Crippen molar-refractivity contribution in [2.45, 2.75) is 174 Å². The smallest absolute Gasteiger partial charge is 0.422 e. The van der Waals surface area contributed by atoms with Gasteiger partial charge in [0, 0.05) is 25.2 Å². The van der Waals surface area contributed by atoms with Gasteiger partial charge in [-0.25, -0.2) is 14.1 Å². The van der Waals surface area contributed by atoms with Crippen LogP contribution in [0.5, 0.6) is 5.75 Å². The van der Waals surface area contributed by atoms with E-state index >= 15 is 0 Å². The lowest BCUT2D eigenvalue weighted by Gasteiger charge is -2.29. The highest BCUT2D eigenvalue weighted by Gasteiger charge is 2.35. The summed E-state index contributed by atoms with van der Waals surface area (Å²) in [6.45, 7) is 8.78. The van der Waals surface area contributed by atoms with Crippen molar-refractivity contribution in [3.63, 3.8) is 0 Å². The van der Waals surface area contributed by atoms with Crippen LogP contribution in [0.25, 0.3) is 5.52 Å². The number of benzene rings is 1. The Hall–Kier alpha value is -3.88. The molecule has 0 aliphatic rings. The van der Waals surface area contributed by atoms with E-state index in [1.807, 2.05) is 13.8 Å². The maximum absolute atomic E-state index is 14.4. The average molecular weight is 891 g/mol. The summed E-state index contributed by atoms with van der Waals surface area (Å²) in [5.41, 5.74) is 6.78. The van der Waals surface area contributed by atoms with Gasteiger partial charge in [-0.2, -0.15) is 10.4 Å². The summed E-state index contributed by atoms with van der Waals surface area (Å²) < 4.78 is 56.5. The van der Waals surface area contributed by atoms with Crippen molar-refractivity contribution in [1.29, 1.82) is 5.26 Å². The highest BCUT2D eigenvalue weighted by Crippen LogP contribution is 2.50. The molecular formula is C44H71N6O11P. The fourth-order valence-electron chi connectivity index (χ4n) is 6.93. The number of fused-ring (bicyclic) bond motifs is 1. The molecule has 2 aromatic heterocycles. The van der Waals surface area contributed by atoms with Crippen molar-refractivity contribution in [3.05, 3.63) is 58.5 Å². The van der Waals surface area contributed by atoms with E-state index in [4.69, 9.17) is 38.3 Å². The Balaban J connectivity index is 1.56. The number of nitrogen functional groups attached to an aromatic ring is 1. The number of unbranched alkanes of at least 4 members (excludes halogenated alkanes) is 15. The van der Waals surface area contributed by atoms with Gasteiger partial charge in [0.15, 0.2) is 11.6 Å². The molecule has 3 aromatic rings. The van der Waals surface area contributed by atoms with Gasteiger partial charge in [0.1, 0.15) is 35.9 Å². The van der Waals surface area contributed by atoms with Gasteiger partial charge >= 0.3 is 7.82 Å². The van der Waals surface area contributed by atoms with Crippen LogP contribution < -0.4 is 10.3 Å². The first-order valence-corrected chi connectivity index (χ1v) is 23.8. The van der Waals surface area contributed by atoms with Crippen LogP contribution in [0.1, 0.15) is 156 Å². The zero-order chi connectivity index (χ0) is 45.2. The molecule has 17 nitrogen and oxygen atoms in total. The maximum atomic E-state index is 14.4. The minimum absolute atomic E-state index is 0.0297. The topological polar surface area (TPSA) is 225 Å². The molecule has 0 spiro atoms. The van der Waals surface area contributed by atoms with Crippen molar-refractivity contribution < 1.29 is 47.1 Å². The number of nitrogens with two attached hydrogens (primary N) is 1. The Kier molecular flexibility index (Phi) is 24.3. The van der Waals surface area contributed by atoms with Gasteiger partial charge in [-0.05, 0) is 58.4 Å². The van der Waals surface area contributed by atoms with Crippen LogP contribution in [-0.2, 0) is 32.6 Å². The van der Waals surface area contributed by atoms with Gasteiger partial charge in [0.2, 0.25) is 0 Å². The van der Waals surface area contributed by atoms with Gasteiger partial charge in [-0.1, -0.05) is 103 Å². The molecule has 0 amide bonds. The molecule has 1 unspecified atom stereocenters. The normalized spacial score (nSPS) is 14.4. The third kappa shape index (κ3) is 21.0. The Morgan fingerprint density at radius 2 is 1.44 bits per heavy atom. The predicted molar refractivity (Wildman–Crippen MR) is 236 cm³/mol. The second-order valence-electron chi connectivity index (χ2n) is 16.4. The molecule has 3 rings (SSSR count). The summed E-state index contributed by atoms with van der Waals surface area (Å²) >= 11 is 0. The summed E-state index contributed by atoms with van der Waals surface area (Å²) in [7, 11) is -4.55. The van der Waals surface area contributed by atoms with Crippen LogP contribution in [-0.4, -0.2) is 75.2 Å². The summed E-state index contributed by atoms with van der Waals surface area (Å²) in [5.74, 6) is -1.45. The number of aliphatic hydroxyl groups is 1. The number of nitro benzene ring substituents is 1. The van der Waals surface area contributed by atoms with E-state index in [9.17, 15) is 25.0 Å². The van der Waals surface area contributed by atoms with E-state index in [0.717, 1.165) is 19.3 Å². The number of hydrogen-bond acceptors (Lipinski definition) is 15. The summed E-state index contributed by atoms with van der Waals surface area (Å²) in [6, 6.07) is 8.28. The molecule has 4 atom stereocenters. The number of hydrogen-bond donors (Lipinski definition) is 2. The number of nitriles is 1. The zero-order valence-electron chi connectivity index (χ0n) is 37.5. The van der Waals surface area contributed by atoms with Gasteiger partial charge < -0.3 is 34.3 Å². The molecule has 2 heterocycles. The van der Waals surface area contributed by atoms with Gasteiger partial charge in [-0.15, -0.1) is 0 Å². The molecule has 0 radical (unpaired) electrons. The minimum Gasteiger partial charge on any atom is -0.422 e. The highest BCUT2D eigenvalue weighted by atomic mass is 31.2. The number of rotatable bonds is 36. The van der Waals surface area contributed by atoms with Crippen molar-refractivity contribution in [3.8, 4) is 12.0 Å². The second kappa shape index (κ2) is 28.7. The molecule has 3 N–H and O–H groups in total. The number of non-ortho nitro benzene ring substituents is 1. The van der Waals surface area contributed by atoms with E-state index < -0.39 is 43.5 Å². The standard InChI is InChI=1S/C44H71N6O11P/c1-6-7-8-9-10-11-12-13-14-15-16-17-18-19-20-21-28-55-30-39(59-35(2)3)32-58-62(54,61-37-24-22-36(23-25-37)50(52)53)57-31-38(56-33-45)29-42(60-44(4,5)51)40-26-27-41-43(46)47-34-48-49(40)41/h22-27,34-35,38-39,42,51H,6-21,28-32H2,1-5H3,(H2,46,47,48)/t38-,39+,42+,62?/m0/s1. The van der Waals surface area contributed by atoms with Crippen LogP contribution in [0.15, 0.2) is 42.7 Å². The number of phosphoric ester groups is 1. The Labute approximate surface area is 367 Å². The minimum atomic E-state index is -4.55. The van der Waals surface area contributed by atoms with E-state index in [-0.39, 0.29) is 43.0 Å². The monoisotopic (exact) mass is 890 g/mol. The third-order valence-corrected chi connectivity index (χ3v) is 11.3. The lowest BCUT2D eigenvalue weighted by Crippen LogP contribution is -2.31. The first-order chi connectivity index (χ1) is 29.7. The molecule has 0 saturated carbocycles. The first kappa shape index (κ1) is 52.5.